The van der Waals surface area contributed by atoms with Crippen LogP contribution in [-0.2, 0) is 6.42 Å². The van der Waals surface area contributed by atoms with Crippen molar-refractivity contribution in [1.29, 1.82) is 0 Å². The van der Waals surface area contributed by atoms with Crippen LogP contribution in [0.25, 0.3) is 0 Å². The number of amides is 1. The molecule has 7 heteroatoms. The van der Waals surface area contributed by atoms with E-state index in [1.807, 2.05) is 58.8 Å². The van der Waals surface area contributed by atoms with Crippen molar-refractivity contribution in [2.24, 2.45) is 0 Å². The van der Waals surface area contributed by atoms with Crippen LogP contribution in [0.1, 0.15) is 26.8 Å². The number of hydrogen-bond donors (Lipinski definition) is 0. The number of nitrogens with zero attached hydrogens (tertiary/aromatic N) is 1. The Kier molecular flexibility index (Phi) is 6.32. The van der Waals surface area contributed by atoms with Crippen molar-refractivity contribution < 1.29 is 23.7 Å². The van der Waals surface area contributed by atoms with Crippen LogP contribution in [0.15, 0.2) is 53.9 Å². The third kappa shape index (κ3) is 4.32. The quantitative estimate of drug-likeness (QED) is 0.539. The Labute approximate surface area is 185 Å². The van der Waals surface area contributed by atoms with Crippen LogP contribution in [-0.4, -0.2) is 45.3 Å². The van der Waals surface area contributed by atoms with Crippen LogP contribution in [0.2, 0.25) is 0 Å². The lowest BCUT2D eigenvalue weighted by molar-refractivity contribution is 0.0594. The van der Waals surface area contributed by atoms with Gasteiger partial charge in [-0.1, -0.05) is 6.07 Å². The lowest BCUT2D eigenvalue weighted by atomic mass is 9.92. The molecule has 2 aromatic carbocycles. The first-order chi connectivity index (χ1) is 15.1. The highest BCUT2D eigenvalue weighted by atomic mass is 32.1. The van der Waals surface area contributed by atoms with Crippen LogP contribution in [0, 0.1) is 0 Å². The third-order valence-corrected chi connectivity index (χ3v) is 6.32. The molecule has 0 unspecified atom stereocenters. The zero-order valence-corrected chi connectivity index (χ0v) is 18.6. The van der Waals surface area contributed by atoms with Crippen molar-refractivity contribution in [3.8, 4) is 23.0 Å². The second-order valence-corrected chi connectivity index (χ2v) is 8.08. The maximum Gasteiger partial charge on any atom is 0.264 e. The molecule has 31 heavy (non-hydrogen) atoms. The average Bonchev–Trinajstić information content (AvgIpc) is 3.36. The number of carbonyl (C=O) groups is 1. The molecule has 0 bridgehead atoms. The van der Waals surface area contributed by atoms with E-state index >= 15 is 0 Å². The normalized spacial score (nSPS) is 15.2. The van der Waals surface area contributed by atoms with Gasteiger partial charge in [0.1, 0.15) is 18.1 Å². The molecule has 0 spiro atoms. The smallest absolute Gasteiger partial charge is 0.264 e. The largest absolute Gasteiger partial charge is 0.497 e. The highest BCUT2D eigenvalue weighted by Gasteiger charge is 2.33. The Morgan fingerprint density at radius 2 is 1.71 bits per heavy atom. The second-order valence-electron chi connectivity index (χ2n) is 7.13. The molecule has 1 atom stereocenters. The Balaban J connectivity index is 1.67. The molecule has 1 aliphatic rings. The van der Waals surface area contributed by atoms with E-state index in [0.717, 1.165) is 33.9 Å². The molecule has 4 rings (SSSR count). The zero-order chi connectivity index (χ0) is 21.8. The van der Waals surface area contributed by atoms with Gasteiger partial charge in [0.15, 0.2) is 11.5 Å². The van der Waals surface area contributed by atoms with E-state index in [4.69, 9.17) is 18.9 Å². The van der Waals surface area contributed by atoms with Gasteiger partial charge in [-0.25, -0.2) is 0 Å². The van der Waals surface area contributed by atoms with Crippen molar-refractivity contribution >= 4 is 17.2 Å². The monoisotopic (exact) mass is 439 g/mol. The molecule has 1 amide bonds. The van der Waals surface area contributed by atoms with Gasteiger partial charge >= 0.3 is 0 Å². The van der Waals surface area contributed by atoms with Gasteiger partial charge in [0, 0.05) is 6.54 Å². The average molecular weight is 440 g/mol. The van der Waals surface area contributed by atoms with Gasteiger partial charge in [-0.15, -0.1) is 11.3 Å². The Morgan fingerprint density at radius 3 is 2.35 bits per heavy atom. The number of fused-ring (bicyclic) bond motifs is 1. The summed E-state index contributed by atoms with van der Waals surface area (Å²) in [5.41, 5.74) is 2.15. The van der Waals surface area contributed by atoms with Gasteiger partial charge < -0.3 is 23.8 Å². The van der Waals surface area contributed by atoms with Gasteiger partial charge in [0.25, 0.3) is 5.91 Å². The number of carbonyl (C=O) groups excluding carboxylic acids is 1. The molecule has 3 aromatic rings. The minimum atomic E-state index is -0.250. The number of hydrogen-bond acceptors (Lipinski definition) is 6. The van der Waals surface area contributed by atoms with Crippen molar-refractivity contribution in [2.45, 2.75) is 12.5 Å². The molecule has 0 saturated heterocycles. The molecule has 0 N–H and O–H groups in total. The summed E-state index contributed by atoms with van der Waals surface area (Å²) >= 11 is 1.45. The van der Waals surface area contributed by atoms with Crippen molar-refractivity contribution in [3.05, 3.63) is 69.9 Å². The molecule has 1 aliphatic heterocycles. The lowest BCUT2D eigenvalue weighted by Crippen LogP contribution is -2.42. The Hall–Kier alpha value is -3.19. The lowest BCUT2D eigenvalue weighted by Gasteiger charge is -2.37. The molecular formula is C24H25NO5S. The highest BCUT2D eigenvalue weighted by molar-refractivity contribution is 7.12. The molecule has 0 saturated carbocycles. The van der Waals surface area contributed by atoms with E-state index < -0.39 is 0 Å². The van der Waals surface area contributed by atoms with Crippen molar-refractivity contribution in [1.82, 2.24) is 4.90 Å². The standard InChI is InChI=1S/C24H25NO5S/c1-27-17-6-8-18(9-7-17)30-15-20-19-14-22(29-3)21(28-2)13-16(19)10-11-25(20)24(26)23-5-4-12-31-23/h4-9,12-14,20H,10-11,15H2,1-3H3/t20-/m0/s1. The number of benzene rings is 2. The number of rotatable bonds is 7. The maximum absolute atomic E-state index is 13.3. The highest BCUT2D eigenvalue weighted by Crippen LogP contribution is 2.39. The molecule has 162 valence electrons. The van der Waals surface area contributed by atoms with Crippen LogP contribution < -0.4 is 18.9 Å². The molecule has 6 nitrogen and oxygen atoms in total. The molecule has 0 aliphatic carbocycles. The fourth-order valence-corrected chi connectivity index (χ4v) is 4.52. The Morgan fingerprint density at radius 1 is 1.00 bits per heavy atom. The van der Waals surface area contributed by atoms with Gasteiger partial charge in [-0.05, 0) is 65.4 Å². The summed E-state index contributed by atoms with van der Waals surface area (Å²) in [4.78, 5) is 15.9. The predicted molar refractivity (Wildman–Crippen MR) is 120 cm³/mol. The molecular weight excluding hydrogens is 414 g/mol. The van der Waals surface area contributed by atoms with Crippen molar-refractivity contribution in [2.75, 3.05) is 34.5 Å². The van der Waals surface area contributed by atoms with E-state index in [1.165, 1.54) is 11.3 Å². The summed E-state index contributed by atoms with van der Waals surface area (Å²) in [6.45, 7) is 0.932. The van der Waals surface area contributed by atoms with E-state index in [2.05, 4.69) is 0 Å². The van der Waals surface area contributed by atoms with Gasteiger partial charge in [0.05, 0.1) is 32.2 Å². The minimum absolute atomic E-state index is 0.0127. The SMILES string of the molecule is COc1ccc(OC[C@H]2c3cc(OC)c(OC)cc3CCN2C(=O)c2cccs2)cc1. The molecule has 1 aromatic heterocycles. The first kappa shape index (κ1) is 21.1. The van der Waals surface area contributed by atoms with E-state index in [-0.39, 0.29) is 11.9 Å². The summed E-state index contributed by atoms with van der Waals surface area (Å²) in [6, 6.07) is 14.9. The van der Waals surface area contributed by atoms with Crippen LogP contribution in [0.5, 0.6) is 23.0 Å². The number of thiophene rings is 1. The fourth-order valence-electron chi connectivity index (χ4n) is 3.84. The second kappa shape index (κ2) is 9.31. The van der Waals surface area contributed by atoms with E-state index in [1.54, 1.807) is 21.3 Å². The summed E-state index contributed by atoms with van der Waals surface area (Å²) in [6.07, 6.45) is 0.742. The van der Waals surface area contributed by atoms with Crippen LogP contribution >= 0.6 is 11.3 Å². The topological polar surface area (TPSA) is 57.2 Å². The third-order valence-electron chi connectivity index (χ3n) is 5.46. The van der Waals surface area contributed by atoms with Crippen molar-refractivity contribution in [3.63, 3.8) is 0 Å². The molecule has 0 radical (unpaired) electrons. The fraction of sp³-hybridized carbons (Fsp3) is 0.292. The number of ether oxygens (including phenoxy) is 4. The predicted octanol–water partition coefficient (Wildman–Crippen LogP) is 4.59. The number of methoxy groups -OCH3 is 3. The van der Waals surface area contributed by atoms with E-state index in [0.29, 0.717) is 24.7 Å². The first-order valence-corrected chi connectivity index (χ1v) is 10.9. The summed E-state index contributed by atoms with van der Waals surface area (Å²) in [5.74, 6) is 2.83. The van der Waals surface area contributed by atoms with Gasteiger partial charge in [-0.3, -0.25) is 4.79 Å². The summed E-state index contributed by atoms with van der Waals surface area (Å²) in [7, 11) is 4.87. The molecule has 0 fully saturated rings. The zero-order valence-electron chi connectivity index (χ0n) is 17.8. The minimum Gasteiger partial charge on any atom is -0.497 e. The summed E-state index contributed by atoms with van der Waals surface area (Å²) < 4.78 is 22.3. The maximum atomic E-state index is 13.3. The Bertz CT molecular complexity index is 1030. The van der Waals surface area contributed by atoms with Gasteiger partial charge in [-0.2, -0.15) is 0 Å². The first-order valence-electron chi connectivity index (χ1n) is 10.0. The molecule has 2 heterocycles. The van der Waals surface area contributed by atoms with Crippen LogP contribution in [0.3, 0.4) is 0 Å². The van der Waals surface area contributed by atoms with Crippen LogP contribution in [0.4, 0.5) is 0 Å². The van der Waals surface area contributed by atoms with Gasteiger partial charge in [0.2, 0.25) is 0 Å². The van der Waals surface area contributed by atoms with E-state index in [9.17, 15) is 4.79 Å². The summed E-state index contributed by atoms with van der Waals surface area (Å²) in [5, 5.41) is 1.92.